The van der Waals surface area contributed by atoms with Crippen molar-refractivity contribution in [3.63, 3.8) is 0 Å². The molecule has 2 aromatic heterocycles. The van der Waals surface area contributed by atoms with Crippen LogP contribution in [0.15, 0.2) is 36.7 Å². The molecule has 0 atom stereocenters. The van der Waals surface area contributed by atoms with Gasteiger partial charge < -0.3 is 15.6 Å². The van der Waals surface area contributed by atoms with Gasteiger partial charge in [0.2, 0.25) is 0 Å². The number of pyridine rings is 1. The maximum Gasteiger partial charge on any atom is 0.252 e. The molecule has 0 aliphatic heterocycles. The van der Waals surface area contributed by atoms with Crippen molar-refractivity contribution in [1.82, 2.24) is 15.3 Å². The maximum atomic E-state index is 13.9. The first-order valence-corrected chi connectivity index (χ1v) is 9.41. The van der Waals surface area contributed by atoms with E-state index in [-0.39, 0.29) is 11.7 Å². The number of rotatable bonds is 7. The third-order valence-electron chi connectivity index (χ3n) is 4.77. The maximum absolute atomic E-state index is 13.9. The first-order valence-electron chi connectivity index (χ1n) is 9.03. The Hall–Kier alpha value is -2.60. The number of benzene rings is 1. The minimum Gasteiger partial charge on any atom is -0.370 e. The molecule has 0 saturated heterocycles. The zero-order valence-electron chi connectivity index (χ0n) is 14.7. The van der Waals surface area contributed by atoms with Gasteiger partial charge in [0.1, 0.15) is 11.6 Å². The highest BCUT2D eigenvalue weighted by Gasteiger charge is 2.20. The summed E-state index contributed by atoms with van der Waals surface area (Å²) in [4.78, 5) is 19.5. The lowest BCUT2D eigenvalue weighted by molar-refractivity contribution is 0.0954. The first kappa shape index (κ1) is 17.8. The van der Waals surface area contributed by atoms with Gasteiger partial charge in [0.15, 0.2) is 0 Å². The van der Waals surface area contributed by atoms with E-state index in [2.05, 4.69) is 20.6 Å². The zero-order valence-corrected chi connectivity index (χ0v) is 15.4. The highest BCUT2D eigenvalue weighted by atomic mass is 35.5. The van der Waals surface area contributed by atoms with Gasteiger partial charge >= 0.3 is 0 Å². The summed E-state index contributed by atoms with van der Waals surface area (Å²) in [6, 6.07) is 6.59. The molecule has 1 aromatic carbocycles. The van der Waals surface area contributed by atoms with E-state index in [0.717, 1.165) is 29.2 Å². The molecule has 1 fully saturated rings. The molecule has 1 amide bonds. The quantitative estimate of drug-likeness (QED) is 0.571. The number of carbonyl (C=O) groups excluding carboxylic acids is 1. The van der Waals surface area contributed by atoms with Crippen LogP contribution >= 0.6 is 11.6 Å². The molecule has 3 N–H and O–H groups in total. The lowest BCUT2D eigenvalue weighted by atomic mass is 10.1. The van der Waals surface area contributed by atoms with E-state index < -0.39 is 0 Å². The summed E-state index contributed by atoms with van der Waals surface area (Å²) in [6.07, 6.45) is 6.45. The molecule has 140 valence electrons. The van der Waals surface area contributed by atoms with Crippen LogP contribution in [0, 0.1) is 11.7 Å². The molecule has 7 heteroatoms. The predicted molar refractivity (Wildman–Crippen MR) is 105 cm³/mol. The van der Waals surface area contributed by atoms with Gasteiger partial charge in [-0.1, -0.05) is 11.6 Å². The van der Waals surface area contributed by atoms with E-state index in [9.17, 15) is 9.18 Å². The van der Waals surface area contributed by atoms with Crippen molar-refractivity contribution >= 4 is 34.2 Å². The van der Waals surface area contributed by atoms with Crippen molar-refractivity contribution in [3.8, 4) is 0 Å². The van der Waals surface area contributed by atoms with E-state index in [1.165, 1.54) is 18.9 Å². The molecule has 0 unspecified atom stereocenters. The highest BCUT2D eigenvalue weighted by molar-refractivity contribution is 6.31. The van der Waals surface area contributed by atoms with Crippen LogP contribution in [0.5, 0.6) is 0 Å². The van der Waals surface area contributed by atoms with Crippen LogP contribution in [0.1, 0.15) is 28.8 Å². The molecule has 1 saturated carbocycles. The number of carbonyl (C=O) groups is 1. The second-order valence-electron chi connectivity index (χ2n) is 6.89. The van der Waals surface area contributed by atoms with Crippen molar-refractivity contribution in [1.29, 1.82) is 0 Å². The fourth-order valence-electron chi connectivity index (χ4n) is 3.03. The largest absolute Gasteiger partial charge is 0.370 e. The number of halogens is 2. The van der Waals surface area contributed by atoms with Crippen molar-refractivity contribution in [2.75, 3.05) is 18.4 Å². The summed E-state index contributed by atoms with van der Waals surface area (Å²) >= 11 is 5.94. The van der Waals surface area contributed by atoms with Crippen molar-refractivity contribution in [2.45, 2.75) is 19.3 Å². The number of H-pyrrole nitrogens is 1. The number of hydrogen-bond donors (Lipinski definition) is 3. The third-order valence-corrected chi connectivity index (χ3v) is 4.98. The number of aromatic nitrogens is 2. The van der Waals surface area contributed by atoms with Crippen LogP contribution < -0.4 is 10.6 Å². The number of amides is 1. The van der Waals surface area contributed by atoms with Gasteiger partial charge in [0.25, 0.3) is 5.91 Å². The van der Waals surface area contributed by atoms with Crippen molar-refractivity contribution in [3.05, 3.63) is 58.6 Å². The number of nitrogens with zero attached hydrogens (tertiary/aromatic N) is 1. The van der Waals surface area contributed by atoms with E-state index in [0.29, 0.717) is 29.1 Å². The zero-order chi connectivity index (χ0) is 18.8. The Balaban J connectivity index is 1.32. The summed E-state index contributed by atoms with van der Waals surface area (Å²) in [5.41, 5.74) is 1.85. The van der Waals surface area contributed by atoms with Crippen LogP contribution in [-0.2, 0) is 6.42 Å². The van der Waals surface area contributed by atoms with Crippen LogP contribution in [0.25, 0.3) is 10.9 Å². The summed E-state index contributed by atoms with van der Waals surface area (Å²) in [5.74, 6) is 0.994. The molecule has 2 heterocycles. The fourth-order valence-corrected chi connectivity index (χ4v) is 3.24. The van der Waals surface area contributed by atoms with Crippen molar-refractivity contribution < 1.29 is 9.18 Å². The third kappa shape index (κ3) is 4.22. The van der Waals surface area contributed by atoms with Crippen LogP contribution in [0.3, 0.4) is 0 Å². The fraction of sp³-hybridized carbons (Fsp3) is 0.300. The van der Waals surface area contributed by atoms with Crippen LogP contribution in [0.4, 0.5) is 10.2 Å². The molecular formula is C20H20ClFN4O. The average molecular weight is 387 g/mol. The Morgan fingerprint density at radius 3 is 2.93 bits per heavy atom. The molecule has 0 radical (unpaired) electrons. The number of fused-ring (bicyclic) bond motifs is 1. The van der Waals surface area contributed by atoms with Gasteiger partial charge in [0.05, 0.1) is 11.1 Å². The molecular weight excluding hydrogens is 367 g/mol. The molecule has 0 bridgehead atoms. The smallest absolute Gasteiger partial charge is 0.252 e. The molecule has 1 aliphatic rings. The Morgan fingerprint density at radius 2 is 2.19 bits per heavy atom. The SMILES string of the molecule is O=C(NCCc1c[nH]c2c(F)cc(Cl)cc12)c1ccc(NCC2CC2)nc1. The average Bonchev–Trinajstić information content (AvgIpc) is 3.40. The first-order chi connectivity index (χ1) is 13.1. The lowest BCUT2D eigenvalue weighted by Crippen LogP contribution is -2.25. The minimum atomic E-state index is -0.380. The van der Waals surface area contributed by atoms with Gasteiger partial charge in [0, 0.05) is 35.9 Å². The van der Waals surface area contributed by atoms with Crippen molar-refractivity contribution in [2.24, 2.45) is 5.92 Å². The predicted octanol–water partition coefficient (Wildman–Crippen LogP) is 4.15. The Morgan fingerprint density at radius 1 is 1.33 bits per heavy atom. The van der Waals surface area contributed by atoms with Crippen LogP contribution in [0.2, 0.25) is 5.02 Å². The number of nitrogens with one attached hydrogen (secondary N) is 3. The highest BCUT2D eigenvalue weighted by Crippen LogP contribution is 2.28. The minimum absolute atomic E-state index is 0.180. The Labute approximate surface area is 161 Å². The van der Waals surface area contributed by atoms with E-state index in [1.807, 2.05) is 6.07 Å². The standard InChI is InChI=1S/C20H20ClFN4O/c21-15-7-16-13(10-26-19(16)17(22)8-15)5-6-23-20(27)14-3-4-18(25-11-14)24-9-12-1-2-12/h3-4,7-8,10-12,26H,1-2,5-6,9H2,(H,23,27)(H,24,25). The molecule has 4 rings (SSSR count). The summed E-state index contributed by atoms with van der Waals surface area (Å²) in [5, 5.41) is 7.23. The van der Waals surface area contributed by atoms with E-state index in [1.54, 1.807) is 24.5 Å². The monoisotopic (exact) mass is 386 g/mol. The summed E-state index contributed by atoms with van der Waals surface area (Å²) in [6.45, 7) is 1.37. The molecule has 0 spiro atoms. The van der Waals surface area contributed by atoms with Gasteiger partial charge in [-0.25, -0.2) is 9.37 Å². The Kier molecular flexibility index (Phi) is 4.99. The number of anilines is 1. The molecule has 1 aliphatic carbocycles. The summed E-state index contributed by atoms with van der Waals surface area (Å²) in [7, 11) is 0. The number of aromatic amines is 1. The van der Waals surface area contributed by atoms with Gasteiger partial charge in [-0.2, -0.15) is 0 Å². The van der Waals surface area contributed by atoms with Gasteiger partial charge in [-0.15, -0.1) is 0 Å². The Bertz CT molecular complexity index is 966. The van der Waals surface area contributed by atoms with E-state index >= 15 is 0 Å². The van der Waals surface area contributed by atoms with Gasteiger partial charge in [-0.3, -0.25) is 4.79 Å². The number of hydrogen-bond acceptors (Lipinski definition) is 3. The normalized spacial score (nSPS) is 13.7. The van der Waals surface area contributed by atoms with E-state index in [4.69, 9.17) is 11.6 Å². The van der Waals surface area contributed by atoms with Crippen LogP contribution in [-0.4, -0.2) is 29.0 Å². The topological polar surface area (TPSA) is 69.8 Å². The second-order valence-corrected chi connectivity index (χ2v) is 7.32. The lowest BCUT2D eigenvalue weighted by Gasteiger charge is -2.07. The second kappa shape index (κ2) is 7.56. The molecule has 5 nitrogen and oxygen atoms in total. The van der Waals surface area contributed by atoms with Gasteiger partial charge in [-0.05, 0) is 55.0 Å². The molecule has 27 heavy (non-hydrogen) atoms. The molecule has 3 aromatic rings. The summed E-state index contributed by atoms with van der Waals surface area (Å²) < 4.78 is 13.9.